The molecule has 0 fully saturated rings. The van der Waals surface area contributed by atoms with Crippen LogP contribution in [0.3, 0.4) is 0 Å². The number of carbonyl (C=O) groups excluding carboxylic acids is 2. The van der Waals surface area contributed by atoms with E-state index in [-0.39, 0.29) is 0 Å². The topological polar surface area (TPSA) is 52.6 Å². The molecule has 31 heavy (non-hydrogen) atoms. The van der Waals surface area contributed by atoms with Crippen LogP contribution in [-0.2, 0) is 9.47 Å². The van der Waals surface area contributed by atoms with Crippen molar-refractivity contribution in [2.45, 2.75) is 104 Å². The minimum absolute atomic E-state index is 0.295. The van der Waals surface area contributed by atoms with E-state index in [9.17, 15) is 9.59 Å². The number of hydrogen-bond donors (Lipinski definition) is 0. The average Bonchev–Trinajstić information content (AvgIpc) is 2.76. The van der Waals surface area contributed by atoms with Crippen LogP contribution in [0.25, 0.3) is 0 Å². The molecule has 0 atom stereocenters. The first-order chi connectivity index (χ1) is 15.1. The minimum atomic E-state index is -0.443. The Bertz CT molecular complexity index is 609. The zero-order valence-corrected chi connectivity index (χ0v) is 20.1. The monoisotopic (exact) mass is 432 g/mol. The van der Waals surface area contributed by atoms with Crippen molar-refractivity contribution in [1.29, 1.82) is 0 Å². The molecule has 0 aliphatic heterocycles. The largest absolute Gasteiger partial charge is 0.462 e. The zero-order chi connectivity index (χ0) is 22.7. The second-order valence-electron chi connectivity index (χ2n) is 8.89. The van der Waals surface area contributed by atoms with Gasteiger partial charge in [0.05, 0.1) is 24.3 Å². The second-order valence-corrected chi connectivity index (χ2v) is 8.89. The fraction of sp³-hybridized carbons (Fsp3) is 0.704. The molecule has 1 aromatic carbocycles. The first-order valence-electron chi connectivity index (χ1n) is 12.5. The van der Waals surface area contributed by atoms with Crippen molar-refractivity contribution >= 4 is 11.9 Å². The normalized spacial score (nSPS) is 11.0. The fourth-order valence-corrected chi connectivity index (χ4v) is 3.57. The number of rotatable bonds is 18. The molecule has 0 heterocycles. The molecule has 0 aliphatic carbocycles. The smallest absolute Gasteiger partial charge is 0.339 e. The van der Waals surface area contributed by atoms with E-state index in [4.69, 9.17) is 9.47 Å². The van der Waals surface area contributed by atoms with E-state index in [0.29, 0.717) is 24.3 Å². The zero-order valence-electron chi connectivity index (χ0n) is 20.1. The Balaban J connectivity index is 2.28. The molecule has 0 spiro atoms. The lowest BCUT2D eigenvalue weighted by Crippen LogP contribution is -2.15. The standard InChI is InChI=1S/C27H44O4/c1-4-5-6-7-8-9-11-16-21-30-26(28)24-19-14-15-20-25(24)27(29)31-22-17-12-10-13-18-23(2)3/h14-15,19-20,23H,4-13,16-18,21-22H2,1-3H3. The van der Waals surface area contributed by atoms with Gasteiger partial charge < -0.3 is 9.47 Å². The summed E-state index contributed by atoms with van der Waals surface area (Å²) < 4.78 is 10.8. The maximum Gasteiger partial charge on any atom is 0.339 e. The molecule has 0 aliphatic rings. The quantitative estimate of drug-likeness (QED) is 0.176. The summed E-state index contributed by atoms with van der Waals surface area (Å²) in [6, 6.07) is 6.77. The summed E-state index contributed by atoms with van der Waals surface area (Å²) in [6.45, 7) is 7.48. The van der Waals surface area contributed by atoms with Gasteiger partial charge in [0, 0.05) is 0 Å². The molecule has 0 bridgehead atoms. The van der Waals surface area contributed by atoms with Crippen molar-refractivity contribution < 1.29 is 19.1 Å². The van der Waals surface area contributed by atoms with Gasteiger partial charge in [0.2, 0.25) is 0 Å². The first-order valence-corrected chi connectivity index (χ1v) is 12.5. The van der Waals surface area contributed by atoms with Crippen molar-refractivity contribution in [3.8, 4) is 0 Å². The highest BCUT2D eigenvalue weighted by Crippen LogP contribution is 2.14. The average molecular weight is 433 g/mol. The van der Waals surface area contributed by atoms with Gasteiger partial charge >= 0.3 is 11.9 Å². The fourth-order valence-electron chi connectivity index (χ4n) is 3.57. The van der Waals surface area contributed by atoms with Crippen molar-refractivity contribution in [2.75, 3.05) is 13.2 Å². The van der Waals surface area contributed by atoms with Gasteiger partial charge in [-0.1, -0.05) is 104 Å². The van der Waals surface area contributed by atoms with Crippen LogP contribution in [0.5, 0.6) is 0 Å². The van der Waals surface area contributed by atoms with Gasteiger partial charge in [-0.3, -0.25) is 0 Å². The van der Waals surface area contributed by atoms with E-state index in [1.165, 1.54) is 51.4 Å². The van der Waals surface area contributed by atoms with E-state index >= 15 is 0 Å². The highest BCUT2D eigenvalue weighted by atomic mass is 16.5. The molecule has 1 rings (SSSR count). The van der Waals surface area contributed by atoms with Crippen LogP contribution in [0, 0.1) is 5.92 Å². The maximum atomic E-state index is 12.5. The minimum Gasteiger partial charge on any atom is -0.462 e. The summed E-state index contributed by atoms with van der Waals surface area (Å²) in [5.41, 5.74) is 0.590. The molecule has 4 nitrogen and oxygen atoms in total. The highest BCUT2D eigenvalue weighted by molar-refractivity contribution is 6.03. The van der Waals surface area contributed by atoms with Crippen LogP contribution < -0.4 is 0 Å². The molecule has 0 unspecified atom stereocenters. The summed E-state index contributed by atoms with van der Waals surface area (Å²) in [5, 5.41) is 0. The van der Waals surface area contributed by atoms with Crippen molar-refractivity contribution in [3.05, 3.63) is 35.4 Å². The molecule has 1 aromatic rings. The first kappa shape index (κ1) is 27.2. The van der Waals surface area contributed by atoms with Gasteiger partial charge in [-0.25, -0.2) is 9.59 Å². The van der Waals surface area contributed by atoms with Gasteiger partial charge in [-0.2, -0.15) is 0 Å². The third-order valence-electron chi connectivity index (χ3n) is 5.51. The van der Waals surface area contributed by atoms with Crippen LogP contribution in [0.2, 0.25) is 0 Å². The SMILES string of the molecule is CCCCCCCCCCOC(=O)c1ccccc1C(=O)OCCCCCCC(C)C. The van der Waals surface area contributed by atoms with E-state index in [1.54, 1.807) is 24.3 Å². The molecule has 4 heteroatoms. The molecule has 0 saturated carbocycles. The highest BCUT2D eigenvalue weighted by Gasteiger charge is 2.18. The molecular weight excluding hydrogens is 388 g/mol. The number of esters is 2. The van der Waals surface area contributed by atoms with Gasteiger partial charge in [-0.05, 0) is 30.9 Å². The third-order valence-corrected chi connectivity index (χ3v) is 5.51. The molecule has 0 N–H and O–H groups in total. The van der Waals surface area contributed by atoms with Crippen LogP contribution in [-0.4, -0.2) is 25.2 Å². The Morgan fingerprint density at radius 2 is 1.10 bits per heavy atom. The number of hydrogen-bond acceptors (Lipinski definition) is 4. The lowest BCUT2D eigenvalue weighted by molar-refractivity contribution is 0.0450. The lowest BCUT2D eigenvalue weighted by atomic mass is 10.0. The van der Waals surface area contributed by atoms with E-state index in [0.717, 1.165) is 38.0 Å². The third kappa shape index (κ3) is 13.2. The summed E-state index contributed by atoms with van der Waals surface area (Å²) in [7, 11) is 0. The number of carbonyl (C=O) groups is 2. The number of ether oxygens (including phenoxy) is 2. The molecular formula is C27H44O4. The van der Waals surface area contributed by atoms with Gasteiger partial charge in [0.25, 0.3) is 0 Å². The van der Waals surface area contributed by atoms with Crippen molar-refractivity contribution in [2.24, 2.45) is 5.92 Å². The van der Waals surface area contributed by atoms with Crippen LogP contribution in [0.4, 0.5) is 0 Å². The Kier molecular flexibility index (Phi) is 15.6. The van der Waals surface area contributed by atoms with Crippen molar-refractivity contribution in [3.63, 3.8) is 0 Å². The lowest BCUT2D eigenvalue weighted by Gasteiger charge is -2.10. The predicted molar refractivity (Wildman–Crippen MR) is 128 cm³/mol. The molecule has 0 radical (unpaired) electrons. The number of benzene rings is 1. The Morgan fingerprint density at radius 3 is 1.55 bits per heavy atom. The van der Waals surface area contributed by atoms with E-state index in [1.807, 2.05) is 0 Å². The van der Waals surface area contributed by atoms with Crippen LogP contribution in [0.15, 0.2) is 24.3 Å². The summed E-state index contributed by atoms with van der Waals surface area (Å²) in [6.07, 6.45) is 15.1. The van der Waals surface area contributed by atoms with Crippen LogP contribution >= 0.6 is 0 Å². The van der Waals surface area contributed by atoms with Gasteiger partial charge in [0.1, 0.15) is 0 Å². The Labute approximate surface area is 190 Å². The molecule has 0 saturated heterocycles. The van der Waals surface area contributed by atoms with E-state index < -0.39 is 11.9 Å². The summed E-state index contributed by atoms with van der Waals surface area (Å²) in [4.78, 5) is 24.9. The Morgan fingerprint density at radius 1 is 0.677 bits per heavy atom. The maximum absolute atomic E-state index is 12.5. The molecule has 0 aromatic heterocycles. The number of unbranched alkanes of at least 4 members (excludes halogenated alkanes) is 10. The van der Waals surface area contributed by atoms with Crippen molar-refractivity contribution in [1.82, 2.24) is 0 Å². The van der Waals surface area contributed by atoms with Crippen LogP contribution in [0.1, 0.15) is 125 Å². The summed E-state index contributed by atoms with van der Waals surface area (Å²) in [5.74, 6) is -0.143. The predicted octanol–water partition coefficient (Wildman–Crippen LogP) is 7.75. The summed E-state index contributed by atoms with van der Waals surface area (Å²) >= 11 is 0. The van der Waals surface area contributed by atoms with E-state index in [2.05, 4.69) is 20.8 Å². The molecule has 176 valence electrons. The Hall–Kier alpha value is -1.84. The van der Waals surface area contributed by atoms with Gasteiger partial charge in [0.15, 0.2) is 0 Å². The second kappa shape index (κ2) is 17.8. The molecule has 0 amide bonds. The van der Waals surface area contributed by atoms with Gasteiger partial charge in [-0.15, -0.1) is 0 Å².